The number of halogens is 1. The van der Waals surface area contributed by atoms with Gasteiger partial charge >= 0.3 is 11.8 Å². The summed E-state index contributed by atoms with van der Waals surface area (Å²) in [6.45, 7) is -0.962. The van der Waals surface area contributed by atoms with Crippen molar-refractivity contribution in [2.24, 2.45) is 0 Å². The Hall–Kier alpha value is -2.77. The third-order valence-electron chi connectivity index (χ3n) is 2.04. The van der Waals surface area contributed by atoms with E-state index in [4.69, 9.17) is 4.74 Å². The van der Waals surface area contributed by atoms with E-state index < -0.39 is 11.8 Å². The van der Waals surface area contributed by atoms with E-state index >= 15 is 0 Å². The zero-order valence-corrected chi connectivity index (χ0v) is 9.52. The summed E-state index contributed by atoms with van der Waals surface area (Å²) in [7, 11) is 0. The van der Waals surface area contributed by atoms with Crippen LogP contribution >= 0.6 is 0 Å². The standard InChI is InChI=1S/C11H8FN3O4/c12-7-18-8-2-1-3-9(6-8)19-11-13-5-4-10(14-11)15(16)17/h1-6H,7H2. The Morgan fingerprint density at radius 2 is 2.11 bits per heavy atom. The molecule has 0 spiro atoms. The van der Waals surface area contributed by atoms with Crippen molar-refractivity contribution in [3.63, 3.8) is 0 Å². The number of benzene rings is 1. The maximum absolute atomic E-state index is 12.0. The van der Waals surface area contributed by atoms with Gasteiger partial charge in [0.05, 0.1) is 6.07 Å². The number of hydrogen-bond donors (Lipinski definition) is 0. The highest BCUT2D eigenvalue weighted by Gasteiger charge is 2.13. The van der Waals surface area contributed by atoms with Gasteiger partial charge in [0.15, 0.2) is 0 Å². The van der Waals surface area contributed by atoms with Crippen LogP contribution in [-0.4, -0.2) is 21.8 Å². The molecular formula is C11H8FN3O4. The maximum Gasteiger partial charge on any atom is 0.439 e. The highest BCUT2D eigenvalue weighted by atomic mass is 19.1. The van der Waals surface area contributed by atoms with Crippen molar-refractivity contribution < 1.29 is 18.8 Å². The second kappa shape index (κ2) is 5.71. The quantitative estimate of drug-likeness (QED) is 0.609. The first-order chi connectivity index (χ1) is 9.19. The van der Waals surface area contributed by atoms with Crippen molar-refractivity contribution in [3.8, 4) is 17.5 Å². The predicted molar refractivity (Wildman–Crippen MR) is 61.8 cm³/mol. The highest BCUT2D eigenvalue weighted by molar-refractivity contribution is 5.34. The Morgan fingerprint density at radius 3 is 2.84 bits per heavy atom. The van der Waals surface area contributed by atoms with E-state index in [0.29, 0.717) is 0 Å². The molecule has 1 aromatic carbocycles. The molecule has 0 saturated heterocycles. The van der Waals surface area contributed by atoms with E-state index in [2.05, 4.69) is 14.7 Å². The Labute approximate surface area is 106 Å². The van der Waals surface area contributed by atoms with Gasteiger partial charge in [0.2, 0.25) is 6.86 Å². The SMILES string of the molecule is O=[N+]([O-])c1ccnc(Oc2cccc(OCF)c2)n1. The number of aromatic nitrogens is 2. The molecule has 0 radical (unpaired) electrons. The largest absolute Gasteiger partial charge is 0.463 e. The molecule has 0 amide bonds. The van der Waals surface area contributed by atoms with Crippen molar-refractivity contribution in [3.05, 3.63) is 46.6 Å². The summed E-state index contributed by atoms with van der Waals surface area (Å²) in [5, 5.41) is 10.5. The Morgan fingerprint density at radius 1 is 1.32 bits per heavy atom. The van der Waals surface area contributed by atoms with E-state index in [1.807, 2.05) is 0 Å². The van der Waals surface area contributed by atoms with Gasteiger partial charge in [0.1, 0.15) is 11.5 Å². The number of ether oxygens (including phenoxy) is 2. The molecule has 0 N–H and O–H groups in total. The van der Waals surface area contributed by atoms with Gasteiger partial charge in [-0.05, 0) is 17.1 Å². The number of nitrogens with zero attached hydrogens (tertiary/aromatic N) is 3. The molecule has 0 aliphatic rings. The van der Waals surface area contributed by atoms with Crippen molar-refractivity contribution in [1.82, 2.24) is 9.97 Å². The van der Waals surface area contributed by atoms with Gasteiger partial charge in [-0.3, -0.25) is 0 Å². The Bertz CT molecular complexity index is 594. The average molecular weight is 265 g/mol. The Balaban J connectivity index is 2.18. The molecule has 1 aromatic heterocycles. The number of alkyl halides is 1. The molecule has 0 aliphatic carbocycles. The summed E-state index contributed by atoms with van der Waals surface area (Å²) in [6, 6.07) is 7.08. The zero-order chi connectivity index (χ0) is 13.7. The van der Waals surface area contributed by atoms with Crippen LogP contribution < -0.4 is 9.47 Å². The monoisotopic (exact) mass is 265 g/mol. The summed E-state index contributed by atoms with van der Waals surface area (Å²) in [5.74, 6) is 0.179. The molecular weight excluding hydrogens is 257 g/mol. The second-order valence-corrected chi connectivity index (χ2v) is 3.28. The normalized spacial score (nSPS) is 9.95. The van der Waals surface area contributed by atoms with Gasteiger partial charge in [-0.25, -0.2) is 4.39 Å². The molecule has 1 heterocycles. The van der Waals surface area contributed by atoms with Gasteiger partial charge in [-0.15, -0.1) is 0 Å². The fourth-order valence-corrected chi connectivity index (χ4v) is 1.28. The average Bonchev–Trinajstić information content (AvgIpc) is 2.40. The predicted octanol–water partition coefficient (Wildman–Crippen LogP) is 2.48. The van der Waals surface area contributed by atoms with Crippen molar-refractivity contribution >= 4 is 5.82 Å². The van der Waals surface area contributed by atoms with Crippen LogP contribution in [0.15, 0.2) is 36.5 Å². The molecule has 98 valence electrons. The van der Waals surface area contributed by atoms with E-state index in [9.17, 15) is 14.5 Å². The molecule has 0 aliphatic heterocycles. The molecule has 2 aromatic rings. The van der Waals surface area contributed by atoms with Crippen LogP contribution in [0.1, 0.15) is 0 Å². The third-order valence-corrected chi connectivity index (χ3v) is 2.04. The smallest absolute Gasteiger partial charge is 0.439 e. The molecule has 0 atom stereocenters. The molecule has 0 fully saturated rings. The lowest BCUT2D eigenvalue weighted by molar-refractivity contribution is -0.389. The van der Waals surface area contributed by atoms with Gasteiger partial charge in [0, 0.05) is 17.2 Å². The molecule has 2 rings (SSSR count). The molecule has 0 unspecified atom stereocenters. The maximum atomic E-state index is 12.0. The van der Waals surface area contributed by atoms with Gasteiger partial charge in [-0.1, -0.05) is 6.07 Å². The zero-order valence-electron chi connectivity index (χ0n) is 9.52. The van der Waals surface area contributed by atoms with Gasteiger partial charge in [-0.2, -0.15) is 4.98 Å². The summed E-state index contributed by atoms with van der Waals surface area (Å²) in [5.41, 5.74) is 0. The van der Waals surface area contributed by atoms with Gasteiger partial charge in [0.25, 0.3) is 0 Å². The lowest BCUT2D eigenvalue weighted by Crippen LogP contribution is -1.97. The number of nitro groups is 1. The van der Waals surface area contributed by atoms with E-state index in [1.54, 1.807) is 18.2 Å². The highest BCUT2D eigenvalue weighted by Crippen LogP contribution is 2.23. The van der Waals surface area contributed by atoms with Crippen LogP contribution in [0.3, 0.4) is 0 Å². The van der Waals surface area contributed by atoms with Gasteiger partial charge < -0.3 is 19.6 Å². The molecule has 0 saturated carbocycles. The first kappa shape index (κ1) is 12.7. The second-order valence-electron chi connectivity index (χ2n) is 3.28. The Kier molecular flexibility index (Phi) is 3.81. The van der Waals surface area contributed by atoms with E-state index in [0.717, 1.165) is 6.07 Å². The minimum absolute atomic E-state index is 0.174. The third kappa shape index (κ3) is 3.35. The minimum Gasteiger partial charge on any atom is -0.463 e. The first-order valence-electron chi connectivity index (χ1n) is 5.13. The molecule has 7 nitrogen and oxygen atoms in total. The minimum atomic E-state index is -0.962. The fourth-order valence-electron chi connectivity index (χ4n) is 1.28. The molecule has 8 heteroatoms. The van der Waals surface area contributed by atoms with Crippen LogP contribution in [0.5, 0.6) is 17.5 Å². The van der Waals surface area contributed by atoms with Crippen molar-refractivity contribution in [1.29, 1.82) is 0 Å². The van der Waals surface area contributed by atoms with Crippen LogP contribution in [0.2, 0.25) is 0 Å². The number of rotatable bonds is 5. The fraction of sp³-hybridized carbons (Fsp3) is 0.0909. The van der Waals surface area contributed by atoms with Crippen LogP contribution in [-0.2, 0) is 0 Å². The lowest BCUT2D eigenvalue weighted by atomic mass is 10.3. The van der Waals surface area contributed by atoms with Crippen molar-refractivity contribution in [2.45, 2.75) is 0 Å². The summed E-state index contributed by atoms with van der Waals surface area (Å²) in [6.07, 6.45) is 1.21. The number of hydrogen-bond acceptors (Lipinski definition) is 6. The lowest BCUT2D eigenvalue weighted by Gasteiger charge is -2.03. The summed E-state index contributed by atoms with van der Waals surface area (Å²) >= 11 is 0. The summed E-state index contributed by atoms with van der Waals surface area (Å²) in [4.78, 5) is 17.2. The van der Waals surface area contributed by atoms with Crippen LogP contribution in [0.25, 0.3) is 0 Å². The molecule has 0 bridgehead atoms. The van der Waals surface area contributed by atoms with E-state index in [-0.39, 0.29) is 23.3 Å². The molecule has 19 heavy (non-hydrogen) atoms. The summed E-state index contributed by atoms with van der Waals surface area (Å²) < 4.78 is 21.9. The van der Waals surface area contributed by atoms with E-state index in [1.165, 1.54) is 12.3 Å². The first-order valence-corrected chi connectivity index (χ1v) is 5.13. The topological polar surface area (TPSA) is 87.4 Å². The van der Waals surface area contributed by atoms with Crippen molar-refractivity contribution in [2.75, 3.05) is 6.86 Å². The van der Waals surface area contributed by atoms with Crippen LogP contribution in [0.4, 0.5) is 10.2 Å². The van der Waals surface area contributed by atoms with Crippen LogP contribution in [0, 0.1) is 10.1 Å².